The normalized spacial score (nSPS) is 19.2. The lowest BCUT2D eigenvalue weighted by atomic mass is 10.1. The number of carbonyl (C=O) groups excluding carboxylic acids is 1. The summed E-state index contributed by atoms with van der Waals surface area (Å²) in [7, 11) is 0. The topological polar surface area (TPSA) is 32.8 Å². The summed E-state index contributed by atoms with van der Waals surface area (Å²) in [6.07, 6.45) is 1.80. The van der Waals surface area contributed by atoms with Crippen molar-refractivity contribution in [3.05, 3.63) is 41.2 Å². The largest absolute Gasteiger partial charge is 0.498 e. The van der Waals surface area contributed by atoms with Crippen LogP contribution < -0.4 is 4.90 Å². The molecular formula is C18H24N2O2. The number of para-hydroxylation sites is 1. The quantitative estimate of drug-likeness (QED) is 0.842. The van der Waals surface area contributed by atoms with Gasteiger partial charge in [0.05, 0.1) is 12.2 Å². The van der Waals surface area contributed by atoms with Crippen LogP contribution in [0.1, 0.15) is 25.3 Å². The van der Waals surface area contributed by atoms with Gasteiger partial charge in [-0.15, -0.1) is 0 Å². The first kappa shape index (κ1) is 14.9. The van der Waals surface area contributed by atoms with Gasteiger partial charge in [-0.3, -0.25) is 4.79 Å². The molecule has 0 radical (unpaired) electrons. The average Bonchev–Trinajstić information content (AvgIpc) is 2.55. The van der Waals surface area contributed by atoms with Crippen molar-refractivity contribution in [2.45, 2.75) is 26.7 Å². The molecule has 2 aliphatic rings. The van der Waals surface area contributed by atoms with E-state index in [0.29, 0.717) is 0 Å². The van der Waals surface area contributed by atoms with Crippen molar-refractivity contribution in [3.8, 4) is 0 Å². The molecule has 1 fully saturated rings. The number of amides is 1. The maximum absolute atomic E-state index is 12.6. The van der Waals surface area contributed by atoms with E-state index in [1.54, 1.807) is 0 Å². The third-order valence-corrected chi connectivity index (χ3v) is 4.60. The Morgan fingerprint density at radius 2 is 1.82 bits per heavy atom. The lowest BCUT2D eigenvalue weighted by molar-refractivity contribution is -0.128. The van der Waals surface area contributed by atoms with Crippen molar-refractivity contribution < 1.29 is 9.53 Å². The Kier molecular flexibility index (Phi) is 4.36. The zero-order valence-corrected chi connectivity index (χ0v) is 13.5. The molecule has 1 aromatic rings. The third kappa shape index (κ3) is 2.96. The van der Waals surface area contributed by atoms with Gasteiger partial charge in [0, 0.05) is 31.9 Å². The van der Waals surface area contributed by atoms with Crippen LogP contribution in [-0.4, -0.2) is 43.6 Å². The molecule has 1 amide bonds. The van der Waals surface area contributed by atoms with Crippen LogP contribution in [0.25, 0.3) is 0 Å². The summed E-state index contributed by atoms with van der Waals surface area (Å²) < 4.78 is 5.53. The predicted molar refractivity (Wildman–Crippen MR) is 87.9 cm³/mol. The minimum Gasteiger partial charge on any atom is -0.498 e. The van der Waals surface area contributed by atoms with E-state index < -0.39 is 0 Å². The van der Waals surface area contributed by atoms with Crippen LogP contribution in [0.4, 0.5) is 5.69 Å². The highest BCUT2D eigenvalue weighted by molar-refractivity contribution is 5.94. The molecule has 0 bridgehead atoms. The number of hydrogen-bond donors (Lipinski definition) is 0. The maximum atomic E-state index is 12.6. The maximum Gasteiger partial charge on any atom is 0.253 e. The van der Waals surface area contributed by atoms with Crippen LogP contribution in [0.5, 0.6) is 0 Å². The van der Waals surface area contributed by atoms with Gasteiger partial charge < -0.3 is 14.5 Å². The summed E-state index contributed by atoms with van der Waals surface area (Å²) >= 11 is 0. The molecule has 0 saturated carbocycles. The number of ether oxygens (including phenoxy) is 1. The predicted octanol–water partition coefficient (Wildman–Crippen LogP) is 2.73. The monoisotopic (exact) mass is 300 g/mol. The van der Waals surface area contributed by atoms with Gasteiger partial charge in [0.1, 0.15) is 5.76 Å². The molecule has 4 nitrogen and oxygen atoms in total. The summed E-state index contributed by atoms with van der Waals surface area (Å²) in [6, 6.07) is 8.44. The molecule has 0 N–H and O–H groups in total. The first-order valence-corrected chi connectivity index (χ1v) is 8.09. The smallest absolute Gasteiger partial charge is 0.253 e. The van der Waals surface area contributed by atoms with E-state index in [2.05, 4.69) is 36.1 Å². The molecule has 0 aromatic heterocycles. The SMILES string of the molecule is CC1=C(C(=O)N2CCN(c3ccccc3C)CC2)CCCO1. The van der Waals surface area contributed by atoms with Crippen molar-refractivity contribution in [2.24, 2.45) is 0 Å². The molecule has 22 heavy (non-hydrogen) atoms. The highest BCUT2D eigenvalue weighted by Crippen LogP contribution is 2.24. The lowest BCUT2D eigenvalue weighted by Crippen LogP contribution is -2.49. The Labute approximate surface area is 132 Å². The van der Waals surface area contributed by atoms with E-state index in [-0.39, 0.29) is 5.91 Å². The second-order valence-corrected chi connectivity index (χ2v) is 6.05. The van der Waals surface area contributed by atoms with E-state index in [1.807, 2.05) is 11.8 Å². The Morgan fingerprint density at radius 1 is 1.09 bits per heavy atom. The summed E-state index contributed by atoms with van der Waals surface area (Å²) in [6.45, 7) is 8.14. The Morgan fingerprint density at radius 3 is 2.50 bits per heavy atom. The van der Waals surface area contributed by atoms with Crippen LogP contribution in [0, 0.1) is 6.92 Å². The van der Waals surface area contributed by atoms with Gasteiger partial charge >= 0.3 is 0 Å². The molecule has 0 aliphatic carbocycles. The number of rotatable bonds is 2. The first-order chi connectivity index (χ1) is 10.7. The first-order valence-electron chi connectivity index (χ1n) is 8.09. The molecule has 2 aliphatic heterocycles. The van der Waals surface area contributed by atoms with Crippen molar-refractivity contribution in [1.82, 2.24) is 4.90 Å². The molecular weight excluding hydrogens is 276 g/mol. The van der Waals surface area contributed by atoms with Gasteiger partial charge in [-0.05, 0) is 38.3 Å². The van der Waals surface area contributed by atoms with Crippen molar-refractivity contribution in [1.29, 1.82) is 0 Å². The van der Waals surface area contributed by atoms with E-state index in [1.165, 1.54) is 11.3 Å². The molecule has 0 spiro atoms. The standard InChI is InChI=1S/C18H24N2O2/c1-14-6-3-4-8-17(14)19-9-11-20(12-10-19)18(21)16-7-5-13-22-15(16)2/h3-4,6,8H,5,7,9-13H2,1-2H3. The van der Waals surface area contributed by atoms with Crippen molar-refractivity contribution in [3.63, 3.8) is 0 Å². The molecule has 4 heteroatoms. The molecule has 0 atom stereocenters. The van der Waals surface area contributed by atoms with Gasteiger partial charge in [-0.25, -0.2) is 0 Å². The Bertz CT molecular complexity index is 587. The molecule has 3 rings (SSSR count). The Balaban J connectivity index is 1.65. The highest BCUT2D eigenvalue weighted by atomic mass is 16.5. The zero-order valence-electron chi connectivity index (χ0n) is 13.5. The minimum atomic E-state index is 0.168. The number of piperazine rings is 1. The number of hydrogen-bond acceptors (Lipinski definition) is 3. The fraction of sp³-hybridized carbons (Fsp3) is 0.500. The second-order valence-electron chi connectivity index (χ2n) is 6.05. The van der Waals surface area contributed by atoms with E-state index >= 15 is 0 Å². The van der Waals surface area contributed by atoms with Gasteiger partial charge in [0.15, 0.2) is 0 Å². The molecule has 2 heterocycles. The van der Waals surface area contributed by atoms with Crippen molar-refractivity contribution in [2.75, 3.05) is 37.7 Å². The van der Waals surface area contributed by atoms with E-state index in [9.17, 15) is 4.79 Å². The van der Waals surface area contributed by atoms with Crippen LogP contribution in [0.3, 0.4) is 0 Å². The van der Waals surface area contributed by atoms with Crippen LogP contribution >= 0.6 is 0 Å². The molecule has 1 saturated heterocycles. The summed E-state index contributed by atoms with van der Waals surface area (Å²) in [5, 5.41) is 0. The van der Waals surface area contributed by atoms with Crippen LogP contribution in [0.15, 0.2) is 35.6 Å². The summed E-state index contributed by atoms with van der Waals surface area (Å²) in [5.74, 6) is 0.985. The van der Waals surface area contributed by atoms with Gasteiger partial charge in [0.25, 0.3) is 5.91 Å². The summed E-state index contributed by atoms with van der Waals surface area (Å²) in [5.41, 5.74) is 3.45. The fourth-order valence-corrected chi connectivity index (χ4v) is 3.25. The number of benzene rings is 1. The minimum absolute atomic E-state index is 0.168. The van der Waals surface area contributed by atoms with Crippen LogP contribution in [-0.2, 0) is 9.53 Å². The number of anilines is 1. The number of aryl methyl sites for hydroxylation is 1. The average molecular weight is 300 g/mol. The van der Waals surface area contributed by atoms with Gasteiger partial charge in [-0.2, -0.15) is 0 Å². The molecule has 0 unspecified atom stereocenters. The van der Waals surface area contributed by atoms with Crippen molar-refractivity contribution >= 4 is 11.6 Å². The lowest BCUT2D eigenvalue weighted by Gasteiger charge is -2.37. The summed E-state index contributed by atoms with van der Waals surface area (Å²) in [4.78, 5) is 17.0. The number of carbonyl (C=O) groups is 1. The number of allylic oxidation sites excluding steroid dienone is 1. The third-order valence-electron chi connectivity index (χ3n) is 4.60. The van der Waals surface area contributed by atoms with Gasteiger partial charge in [-0.1, -0.05) is 18.2 Å². The molecule has 118 valence electrons. The highest BCUT2D eigenvalue weighted by Gasteiger charge is 2.26. The fourth-order valence-electron chi connectivity index (χ4n) is 3.25. The van der Waals surface area contributed by atoms with E-state index in [0.717, 1.165) is 57.0 Å². The number of nitrogens with zero attached hydrogens (tertiary/aromatic N) is 2. The van der Waals surface area contributed by atoms with Gasteiger partial charge in [0.2, 0.25) is 0 Å². The Hall–Kier alpha value is -1.97. The van der Waals surface area contributed by atoms with E-state index in [4.69, 9.17) is 4.74 Å². The van der Waals surface area contributed by atoms with Crippen LogP contribution in [0.2, 0.25) is 0 Å². The second kappa shape index (κ2) is 6.42. The zero-order chi connectivity index (χ0) is 15.5. The molecule has 1 aromatic carbocycles.